The van der Waals surface area contributed by atoms with Gasteiger partial charge >= 0.3 is 7.12 Å². The quantitative estimate of drug-likeness (QED) is 0.452. The number of aromatic nitrogens is 2. The summed E-state index contributed by atoms with van der Waals surface area (Å²) in [5, 5.41) is 23.8. The Morgan fingerprint density at radius 2 is 2.45 bits per heavy atom. The lowest BCUT2D eigenvalue weighted by Crippen LogP contribution is -2.31. The van der Waals surface area contributed by atoms with Crippen molar-refractivity contribution in [1.29, 1.82) is 0 Å². The molecular formula is C5H9BN2O3. The van der Waals surface area contributed by atoms with Crippen molar-refractivity contribution >= 4 is 12.6 Å². The lowest BCUT2D eigenvalue weighted by molar-refractivity contribution is 0.182. The van der Waals surface area contributed by atoms with Gasteiger partial charge in [-0.3, -0.25) is 5.10 Å². The van der Waals surface area contributed by atoms with E-state index in [1.165, 1.54) is 13.3 Å². The topological polar surface area (TPSA) is 78.4 Å². The molecule has 0 saturated heterocycles. The summed E-state index contributed by atoms with van der Waals surface area (Å²) >= 11 is 0. The first-order valence-electron chi connectivity index (χ1n) is 3.13. The van der Waals surface area contributed by atoms with Crippen LogP contribution in [0.15, 0.2) is 6.20 Å². The minimum absolute atomic E-state index is 0.274. The van der Waals surface area contributed by atoms with E-state index in [1.807, 2.05) is 0 Å². The molecular weight excluding hydrogens is 147 g/mol. The van der Waals surface area contributed by atoms with Crippen LogP contribution in [0.2, 0.25) is 0 Å². The number of methoxy groups -OCH3 is 1. The summed E-state index contributed by atoms with van der Waals surface area (Å²) in [6.07, 6.45) is 1.43. The summed E-state index contributed by atoms with van der Waals surface area (Å²) in [4.78, 5) is 0. The van der Waals surface area contributed by atoms with Crippen LogP contribution in [0.5, 0.6) is 0 Å². The highest BCUT2D eigenvalue weighted by atomic mass is 16.5. The monoisotopic (exact) mass is 156 g/mol. The summed E-state index contributed by atoms with van der Waals surface area (Å²) < 4.78 is 4.77. The van der Waals surface area contributed by atoms with E-state index in [0.717, 1.165) is 0 Å². The molecule has 0 fully saturated rings. The largest absolute Gasteiger partial charge is 0.492 e. The van der Waals surface area contributed by atoms with Gasteiger partial charge in [0.1, 0.15) is 0 Å². The summed E-state index contributed by atoms with van der Waals surface area (Å²) in [5.74, 6) is 0. The maximum Gasteiger partial charge on any atom is 0.492 e. The molecule has 0 spiro atoms. The number of hydrogen-bond acceptors (Lipinski definition) is 4. The molecule has 0 amide bonds. The van der Waals surface area contributed by atoms with Gasteiger partial charge in [-0.1, -0.05) is 0 Å². The van der Waals surface area contributed by atoms with Gasteiger partial charge in [-0.2, -0.15) is 5.10 Å². The molecule has 0 bridgehead atoms. The summed E-state index contributed by atoms with van der Waals surface area (Å²) in [6, 6.07) is 0. The normalized spacial score (nSPS) is 10.1. The van der Waals surface area contributed by atoms with E-state index in [-0.39, 0.29) is 6.61 Å². The molecule has 0 atom stereocenters. The minimum Gasteiger partial charge on any atom is -0.423 e. The van der Waals surface area contributed by atoms with Gasteiger partial charge in [0.2, 0.25) is 0 Å². The Kier molecular flexibility index (Phi) is 2.64. The molecule has 0 saturated carbocycles. The fourth-order valence-corrected chi connectivity index (χ4v) is 0.803. The van der Waals surface area contributed by atoms with Crippen LogP contribution in [0.4, 0.5) is 0 Å². The van der Waals surface area contributed by atoms with Crippen LogP contribution in [0.1, 0.15) is 5.69 Å². The van der Waals surface area contributed by atoms with Gasteiger partial charge in [0, 0.05) is 18.8 Å². The molecule has 0 unspecified atom stereocenters. The van der Waals surface area contributed by atoms with Crippen LogP contribution >= 0.6 is 0 Å². The first kappa shape index (κ1) is 8.25. The third kappa shape index (κ3) is 1.80. The first-order valence-corrected chi connectivity index (χ1v) is 3.13. The predicted molar refractivity (Wildman–Crippen MR) is 39.1 cm³/mol. The van der Waals surface area contributed by atoms with Crippen LogP contribution in [0.3, 0.4) is 0 Å². The number of aromatic amines is 1. The van der Waals surface area contributed by atoms with E-state index in [9.17, 15) is 0 Å². The van der Waals surface area contributed by atoms with Gasteiger partial charge in [0.05, 0.1) is 12.3 Å². The van der Waals surface area contributed by atoms with E-state index in [4.69, 9.17) is 14.8 Å². The van der Waals surface area contributed by atoms with Gasteiger partial charge < -0.3 is 14.8 Å². The van der Waals surface area contributed by atoms with E-state index >= 15 is 0 Å². The highest BCUT2D eigenvalue weighted by molar-refractivity contribution is 6.59. The maximum absolute atomic E-state index is 8.76. The third-order valence-electron chi connectivity index (χ3n) is 1.31. The fourth-order valence-electron chi connectivity index (χ4n) is 0.803. The average molecular weight is 156 g/mol. The van der Waals surface area contributed by atoms with Crippen molar-refractivity contribution in [2.45, 2.75) is 6.61 Å². The van der Waals surface area contributed by atoms with Gasteiger partial charge in [0.15, 0.2) is 0 Å². The zero-order chi connectivity index (χ0) is 8.27. The number of hydrogen-bond donors (Lipinski definition) is 3. The standard InChI is InChI=1S/C5H9BN2O3/c1-11-3-5-4(6(9)10)2-7-8-5/h2,9-10H,3H2,1H3,(H,7,8). The number of rotatable bonds is 3. The Labute approximate surface area is 64.2 Å². The second-order valence-corrected chi connectivity index (χ2v) is 2.09. The van der Waals surface area contributed by atoms with Gasteiger partial charge in [0.25, 0.3) is 0 Å². The smallest absolute Gasteiger partial charge is 0.423 e. The molecule has 5 nitrogen and oxygen atoms in total. The molecule has 1 rings (SSSR count). The zero-order valence-electron chi connectivity index (χ0n) is 6.11. The molecule has 3 N–H and O–H groups in total. The molecule has 60 valence electrons. The Balaban J connectivity index is 2.78. The number of nitrogens with one attached hydrogen (secondary N) is 1. The first-order chi connectivity index (χ1) is 5.25. The van der Waals surface area contributed by atoms with Crippen molar-refractivity contribution in [1.82, 2.24) is 10.2 Å². The molecule has 1 aromatic heterocycles. The SMILES string of the molecule is COCc1n[nH]cc1B(O)O. The fraction of sp³-hybridized carbons (Fsp3) is 0.400. The minimum atomic E-state index is -1.49. The van der Waals surface area contributed by atoms with Crippen molar-refractivity contribution in [2.24, 2.45) is 0 Å². The third-order valence-corrected chi connectivity index (χ3v) is 1.31. The molecule has 1 heterocycles. The summed E-state index contributed by atoms with van der Waals surface area (Å²) in [7, 11) is 0.0290. The lowest BCUT2D eigenvalue weighted by Gasteiger charge is -1.97. The van der Waals surface area contributed by atoms with Crippen LogP contribution in [0, 0.1) is 0 Å². The number of ether oxygens (including phenoxy) is 1. The Bertz CT molecular complexity index is 225. The molecule has 0 aromatic carbocycles. The van der Waals surface area contributed by atoms with E-state index in [0.29, 0.717) is 11.2 Å². The molecule has 6 heteroatoms. The summed E-state index contributed by atoms with van der Waals surface area (Å²) in [5.41, 5.74) is 0.870. The van der Waals surface area contributed by atoms with Crippen molar-refractivity contribution < 1.29 is 14.8 Å². The molecule has 0 radical (unpaired) electrons. The average Bonchev–Trinajstić information content (AvgIpc) is 2.36. The predicted octanol–water partition coefficient (Wildman–Crippen LogP) is -1.76. The number of H-pyrrole nitrogens is 1. The Hall–Kier alpha value is -0.845. The van der Waals surface area contributed by atoms with Crippen LogP contribution in [0.25, 0.3) is 0 Å². The Morgan fingerprint density at radius 3 is 3.00 bits per heavy atom. The van der Waals surface area contributed by atoms with Crippen molar-refractivity contribution in [3.8, 4) is 0 Å². The van der Waals surface area contributed by atoms with Crippen molar-refractivity contribution in [2.75, 3.05) is 7.11 Å². The lowest BCUT2D eigenvalue weighted by atomic mass is 9.81. The zero-order valence-corrected chi connectivity index (χ0v) is 6.11. The molecule has 0 aliphatic carbocycles. The molecule has 0 aliphatic rings. The highest BCUT2D eigenvalue weighted by Crippen LogP contribution is 1.91. The summed E-state index contributed by atoms with van der Waals surface area (Å²) in [6.45, 7) is 0.274. The highest BCUT2D eigenvalue weighted by Gasteiger charge is 2.17. The molecule has 11 heavy (non-hydrogen) atoms. The van der Waals surface area contributed by atoms with Crippen LogP contribution in [-0.2, 0) is 11.3 Å². The van der Waals surface area contributed by atoms with E-state index < -0.39 is 7.12 Å². The Morgan fingerprint density at radius 1 is 1.73 bits per heavy atom. The number of nitrogens with zero attached hydrogens (tertiary/aromatic N) is 1. The van der Waals surface area contributed by atoms with Gasteiger partial charge in [-0.15, -0.1) is 0 Å². The second-order valence-electron chi connectivity index (χ2n) is 2.09. The molecule has 1 aromatic rings. The second kappa shape index (κ2) is 3.52. The van der Waals surface area contributed by atoms with Crippen LogP contribution < -0.4 is 5.46 Å². The molecule has 0 aliphatic heterocycles. The van der Waals surface area contributed by atoms with Crippen molar-refractivity contribution in [3.05, 3.63) is 11.9 Å². The van der Waals surface area contributed by atoms with Gasteiger partial charge in [-0.25, -0.2) is 0 Å². The van der Waals surface area contributed by atoms with E-state index in [2.05, 4.69) is 10.2 Å². The van der Waals surface area contributed by atoms with E-state index in [1.54, 1.807) is 0 Å². The maximum atomic E-state index is 8.76. The van der Waals surface area contributed by atoms with Crippen LogP contribution in [-0.4, -0.2) is 34.5 Å². The van der Waals surface area contributed by atoms with Gasteiger partial charge in [-0.05, 0) is 0 Å². The van der Waals surface area contributed by atoms with Crippen molar-refractivity contribution in [3.63, 3.8) is 0 Å².